The zero-order chi connectivity index (χ0) is 15.4. The van der Waals surface area contributed by atoms with Crippen molar-refractivity contribution in [3.63, 3.8) is 0 Å². The zero-order valence-corrected chi connectivity index (χ0v) is 12.7. The second kappa shape index (κ2) is 6.81. The first-order chi connectivity index (χ1) is 10.8. The number of likely N-dealkylation sites (tertiary alicyclic amines) is 1. The molecule has 0 unspecified atom stereocenters. The van der Waals surface area contributed by atoms with Crippen molar-refractivity contribution in [3.05, 3.63) is 47.0 Å². The van der Waals surface area contributed by atoms with Gasteiger partial charge in [0.15, 0.2) is 0 Å². The third-order valence-electron chi connectivity index (χ3n) is 3.90. The number of hydrogen-bond donors (Lipinski definition) is 0. The van der Waals surface area contributed by atoms with Gasteiger partial charge < -0.3 is 9.64 Å². The fraction of sp³-hybridized carbons (Fsp3) is 0.438. The maximum Gasteiger partial charge on any atom is 0.266 e. The predicted octanol–water partition coefficient (Wildman–Crippen LogP) is 0.883. The van der Waals surface area contributed by atoms with Gasteiger partial charge in [-0.25, -0.2) is 4.68 Å². The quantitative estimate of drug-likeness (QED) is 0.793. The molecule has 1 aliphatic heterocycles. The van der Waals surface area contributed by atoms with Crippen LogP contribution in [0.5, 0.6) is 0 Å². The highest BCUT2D eigenvalue weighted by Gasteiger charge is 2.26. The third-order valence-corrected chi connectivity index (χ3v) is 3.90. The van der Waals surface area contributed by atoms with Gasteiger partial charge >= 0.3 is 0 Å². The fourth-order valence-corrected chi connectivity index (χ4v) is 2.69. The van der Waals surface area contributed by atoms with Gasteiger partial charge in [0.05, 0.1) is 18.8 Å². The molecular formula is C16H20N4O2. The number of nitrogens with zero attached hydrogens (tertiary/aromatic N) is 4. The van der Waals surface area contributed by atoms with Crippen molar-refractivity contribution in [2.24, 2.45) is 5.92 Å². The number of methoxy groups -OCH3 is 1. The van der Waals surface area contributed by atoms with Crippen LogP contribution in [0.4, 0.5) is 0 Å². The molecule has 0 atom stereocenters. The summed E-state index contributed by atoms with van der Waals surface area (Å²) in [5, 5.41) is 4.47. The molecule has 6 heteroatoms. The molecule has 0 amide bonds. The lowest BCUT2D eigenvalue weighted by Crippen LogP contribution is -2.50. The Balaban J connectivity index is 1.66. The van der Waals surface area contributed by atoms with E-state index in [2.05, 4.69) is 15.0 Å². The Kier molecular flexibility index (Phi) is 4.60. The molecular weight excluding hydrogens is 280 g/mol. The summed E-state index contributed by atoms with van der Waals surface area (Å²) in [6.07, 6.45) is 3.48. The van der Waals surface area contributed by atoms with Crippen molar-refractivity contribution in [2.45, 2.75) is 6.54 Å². The van der Waals surface area contributed by atoms with Crippen LogP contribution in [0.15, 0.2) is 41.5 Å². The molecule has 6 nitrogen and oxygen atoms in total. The van der Waals surface area contributed by atoms with Crippen LogP contribution in [0.1, 0.15) is 0 Å². The summed E-state index contributed by atoms with van der Waals surface area (Å²) in [5.74, 6) is 0.478. The molecule has 0 aromatic carbocycles. The lowest BCUT2D eigenvalue weighted by molar-refractivity contribution is 0.0542. The molecule has 22 heavy (non-hydrogen) atoms. The minimum atomic E-state index is -0.0528. The van der Waals surface area contributed by atoms with Crippen molar-refractivity contribution in [1.29, 1.82) is 0 Å². The fourth-order valence-electron chi connectivity index (χ4n) is 2.69. The molecule has 3 heterocycles. The molecule has 1 fully saturated rings. The van der Waals surface area contributed by atoms with E-state index in [1.807, 2.05) is 12.1 Å². The van der Waals surface area contributed by atoms with E-state index in [4.69, 9.17) is 4.74 Å². The summed E-state index contributed by atoms with van der Waals surface area (Å²) < 4.78 is 6.64. The summed E-state index contributed by atoms with van der Waals surface area (Å²) in [5.41, 5.74) is 1.65. The molecule has 0 saturated carbocycles. The molecule has 0 N–H and O–H groups in total. The summed E-state index contributed by atoms with van der Waals surface area (Å²) in [4.78, 5) is 18.4. The van der Waals surface area contributed by atoms with Gasteiger partial charge in [-0.05, 0) is 18.2 Å². The van der Waals surface area contributed by atoms with Crippen LogP contribution >= 0.6 is 0 Å². The second-order valence-corrected chi connectivity index (χ2v) is 5.60. The Bertz CT molecular complexity index is 665. The Hall–Kier alpha value is -2.05. The van der Waals surface area contributed by atoms with Crippen LogP contribution in [-0.2, 0) is 11.3 Å². The number of aromatic nitrogens is 3. The summed E-state index contributed by atoms with van der Waals surface area (Å²) in [7, 11) is 1.71. The minimum Gasteiger partial charge on any atom is -0.383 e. The van der Waals surface area contributed by atoms with Crippen LogP contribution in [0.25, 0.3) is 11.3 Å². The molecule has 2 aromatic rings. The van der Waals surface area contributed by atoms with Crippen molar-refractivity contribution in [2.75, 3.05) is 33.4 Å². The Morgan fingerprint density at radius 2 is 2.18 bits per heavy atom. The van der Waals surface area contributed by atoms with Crippen molar-refractivity contribution in [1.82, 2.24) is 19.7 Å². The molecule has 1 aliphatic rings. The molecule has 3 rings (SSSR count). The average Bonchev–Trinajstić information content (AvgIpc) is 2.52. The first-order valence-electron chi connectivity index (χ1n) is 7.46. The van der Waals surface area contributed by atoms with Crippen molar-refractivity contribution in [3.8, 4) is 11.3 Å². The SMILES string of the molecule is COCCN1CC(Cn2nc(-c3cccnc3)ccc2=O)C1. The lowest BCUT2D eigenvalue weighted by Gasteiger charge is -2.39. The van der Waals surface area contributed by atoms with Crippen LogP contribution in [-0.4, -0.2) is 53.0 Å². The molecule has 116 valence electrons. The molecule has 0 spiro atoms. The number of rotatable bonds is 6. The van der Waals surface area contributed by atoms with Gasteiger partial charge in [-0.3, -0.25) is 9.78 Å². The number of hydrogen-bond acceptors (Lipinski definition) is 5. The van der Waals surface area contributed by atoms with E-state index in [1.54, 1.807) is 36.3 Å². The maximum absolute atomic E-state index is 12.0. The normalized spacial score (nSPS) is 15.7. The first kappa shape index (κ1) is 14.9. The molecule has 1 saturated heterocycles. The van der Waals surface area contributed by atoms with E-state index in [-0.39, 0.29) is 5.56 Å². The highest BCUT2D eigenvalue weighted by Crippen LogP contribution is 2.17. The number of pyridine rings is 1. The van der Waals surface area contributed by atoms with Gasteiger partial charge in [0.25, 0.3) is 5.56 Å². The van der Waals surface area contributed by atoms with Crippen LogP contribution in [0.3, 0.4) is 0 Å². The van der Waals surface area contributed by atoms with Crippen LogP contribution < -0.4 is 5.56 Å². The van der Waals surface area contributed by atoms with Crippen LogP contribution in [0, 0.1) is 5.92 Å². The van der Waals surface area contributed by atoms with Gasteiger partial charge in [0, 0.05) is 56.7 Å². The lowest BCUT2D eigenvalue weighted by atomic mass is 10.0. The van der Waals surface area contributed by atoms with Crippen LogP contribution in [0.2, 0.25) is 0 Å². The zero-order valence-electron chi connectivity index (χ0n) is 12.7. The standard InChI is InChI=1S/C16H20N4O2/c1-22-8-7-19-10-13(11-19)12-20-16(21)5-4-15(18-20)14-3-2-6-17-9-14/h2-6,9,13H,7-8,10-12H2,1H3. The average molecular weight is 300 g/mol. The largest absolute Gasteiger partial charge is 0.383 e. The highest BCUT2D eigenvalue weighted by atomic mass is 16.5. The van der Waals surface area contributed by atoms with Gasteiger partial charge in [-0.1, -0.05) is 0 Å². The van der Waals surface area contributed by atoms with E-state index < -0.39 is 0 Å². The van der Waals surface area contributed by atoms with Gasteiger partial charge in [-0.15, -0.1) is 0 Å². The van der Waals surface area contributed by atoms with Crippen molar-refractivity contribution < 1.29 is 4.74 Å². The van der Waals surface area contributed by atoms with E-state index in [9.17, 15) is 4.79 Å². The number of ether oxygens (including phenoxy) is 1. The smallest absolute Gasteiger partial charge is 0.266 e. The van der Waals surface area contributed by atoms with Gasteiger partial charge in [0.2, 0.25) is 0 Å². The summed E-state index contributed by atoms with van der Waals surface area (Å²) in [6, 6.07) is 7.14. The Morgan fingerprint density at radius 1 is 1.32 bits per heavy atom. The third kappa shape index (κ3) is 3.40. The summed E-state index contributed by atoms with van der Waals surface area (Å²) >= 11 is 0. The minimum absolute atomic E-state index is 0.0528. The topological polar surface area (TPSA) is 60.2 Å². The molecule has 2 aromatic heterocycles. The molecule has 0 aliphatic carbocycles. The van der Waals surface area contributed by atoms with Gasteiger partial charge in [-0.2, -0.15) is 5.10 Å². The Labute approximate surface area is 129 Å². The molecule has 0 radical (unpaired) electrons. The predicted molar refractivity (Wildman–Crippen MR) is 83.5 cm³/mol. The van der Waals surface area contributed by atoms with E-state index >= 15 is 0 Å². The van der Waals surface area contributed by atoms with E-state index in [1.165, 1.54) is 0 Å². The van der Waals surface area contributed by atoms with Crippen molar-refractivity contribution >= 4 is 0 Å². The molecule has 0 bridgehead atoms. The highest BCUT2D eigenvalue weighted by molar-refractivity contribution is 5.56. The van der Waals surface area contributed by atoms with E-state index in [0.29, 0.717) is 12.5 Å². The summed E-state index contributed by atoms with van der Waals surface area (Å²) in [6.45, 7) is 4.35. The van der Waals surface area contributed by atoms with Gasteiger partial charge in [0.1, 0.15) is 0 Å². The monoisotopic (exact) mass is 300 g/mol. The maximum atomic E-state index is 12.0. The second-order valence-electron chi connectivity index (χ2n) is 5.60. The van der Waals surface area contributed by atoms with E-state index in [0.717, 1.165) is 37.5 Å². The first-order valence-corrected chi connectivity index (χ1v) is 7.46. The Morgan fingerprint density at radius 3 is 2.91 bits per heavy atom.